The molecule has 6 nitrogen and oxygen atoms in total. The van der Waals surface area contributed by atoms with Crippen molar-refractivity contribution in [3.63, 3.8) is 0 Å². The first kappa shape index (κ1) is 22.2. The van der Waals surface area contributed by atoms with E-state index in [4.69, 9.17) is 4.74 Å². The molecule has 0 saturated carbocycles. The number of carbonyl (C=O) groups is 1. The van der Waals surface area contributed by atoms with E-state index in [0.29, 0.717) is 19.4 Å². The van der Waals surface area contributed by atoms with E-state index in [0.717, 1.165) is 49.5 Å². The van der Waals surface area contributed by atoms with Gasteiger partial charge in [0.2, 0.25) is 5.91 Å². The minimum absolute atomic E-state index is 0. The Morgan fingerprint density at radius 2 is 2.21 bits per heavy atom. The lowest BCUT2D eigenvalue weighted by molar-refractivity contribution is -0.121. The Morgan fingerprint density at radius 1 is 1.39 bits per heavy atom. The fraction of sp³-hybridized carbons (Fsp3) is 0.524. The minimum atomic E-state index is 0. The number of aryl methyl sites for hydroxylation is 2. The van der Waals surface area contributed by atoms with Crippen LogP contribution in [-0.2, 0) is 30.8 Å². The van der Waals surface area contributed by atoms with Gasteiger partial charge >= 0.3 is 0 Å². The summed E-state index contributed by atoms with van der Waals surface area (Å²) in [5, 5.41) is 11.0. The second-order valence-corrected chi connectivity index (χ2v) is 7.10. The Kier molecular flexibility index (Phi) is 8.80. The Bertz CT molecular complexity index is 739. The Morgan fingerprint density at radius 3 is 3.04 bits per heavy atom. The molecule has 0 spiro atoms. The molecular formula is C21H31ClN4O2. The molecule has 154 valence electrons. The standard InChI is InChI=1S/C21H30N4O2.ClH/c1-3-16(2)27-20-8-5-4-7-17(20)14-23-21(26)10-9-18-13-19-15-22-11-6-12-25(19)24-18;/h4-5,7-8,13,16,22H,3,6,9-12,14-15H2,1-2H3,(H,23,26);1H. The zero-order chi connectivity index (χ0) is 19.1. The summed E-state index contributed by atoms with van der Waals surface area (Å²) in [7, 11) is 0. The number of nitrogens with zero attached hydrogens (tertiary/aromatic N) is 2. The molecule has 28 heavy (non-hydrogen) atoms. The number of hydrogen-bond acceptors (Lipinski definition) is 4. The molecular weight excluding hydrogens is 376 g/mol. The van der Waals surface area contributed by atoms with Gasteiger partial charge in [-0.15, -0.1) is 12.4 Å². The molecule has 1 atom stereocenters. The second kappa shape index (κ2) is 11.1. The van der Waals surface area contributed by atoms with Gasteiger partial charge in [-0.05, 0) is 38.4 Å². The van der Waals surface area contributed by atoms with E-state index in [9.17, 15) is 4.79 Å². The van der Waals surface area contributed by atoms with E-state index in [-0.39, 0.29) is 24.4 Å². The van der Waals surface area contributed by atoms with Crippen molar-refractivity contribution in [2.75, 3.05) is 6.54 Å². The number of para-hydroxylation sites is 1. The summed E-state index contributed by atoms with van der Waals surface area (Å²) in [6, 6.07) is 10.00. The first-order valence-electron chi connectivity index (χ1n) is 9.93. The molecule has 1 aliphatic heterocycles. The lowest BCUT2D eigenvalue weighted by atomic mass is 10.1. The van der Waals surface area contributed by atoms with Crippen molar-refractivity contribution < 1.29 is 9.53 Å². The molecule has 2 heterocycles. The van der Waals surface area contributed by atoms with Crippen LogP contribution in [0.5, 0.6) is 5.75 Å². The Hall–Kier alpha value is -2.05. The highest BCUT2D eigenvalue weighted by molar-refractivity contribution is 5.85. The van der Waals surface area contributed by atoms with E-state index in [1.54, 1.807) is 0 Å². The van der Waals surface area contributed by atoms with Crippen molar-refractivity contribution in [2.24, 2.45) is 0 Å². The van der Waals surface area contributed by atoms with E-state index in [1.807, 2.05) is 24.3 Å². The molecule has 1 amide bonds. The maximum atomic E-state index is 12.3. The van der Waals surface area contributed by atoms with Gasteiger partial charge in [0, 0.05) is 38.0 Å². The van der Waals surface area contributed by atoms with Crippen LogP contribution in [0.4, 0.5) is 0 Å². The average molecular weight is 407 g/mol. The zero-order valence-electron chi connectivity index (χ0n) is 16.7. The first-order valence-corrected chi connectivity index (χ1v) is 9.93. The number of carbonyl (C=O) groups excluding carboxylic acids is 1. The van der Waals surface area contributed by atoms with Crippen LogP contribution in [0, 0.1) is 0 Å². The number of benzene rings is 1. The normalized spacial score (nSPS) is 14.4. The number of ether oxygens (including phenoxy) is 1. The van der Waals surface area contributed by atoms with E-state index in [1.165, 1.54) is 5.69 Å². The highest BCUT2D eigenvalue weighted by Gasteiger charge is 2.12. The molecule has 0 bridgehead atoms. The van der Waals surface area contributed by atoms with E-state index in [2.05, 4.69) is 40.3 Å². The lowest BCUT2D eigenvalue weighted by Gasteiger charge is -2.16. The van der Waals surface area contributed by atoms with Crippen molar-refractivity contribution >= 4 is 18.3 Å². The summed E-state index contributed by atoms with van der Waals surface area (Å²) in [5.74, 6) is 0.882. The number of rotatable bonds is 8. The molecule has 0 fully saturated rings. The Balaban J connectivity index is 0.00000280. The molecule has 0 aliphatic carbocycles. The van der Waals surface area contributed by atoms with Crippen molar-refractivity contribution in [1.82, 2.24) is 20.4 Å². The summed E-state index contributed by atoms with van der Waals surface area (Å²) < 4.78 is 8.01. The third-order valence-electron chi connectivity index (χ3n) is 4.90. The van der Waals surface area contributed by atoms with Crippen LogP contribution in [0.15, 0.2) is 30.3 Å². The fourth-order valence-corrected chi connectivity index (χ4v) is 3.13. The van der Waals surface area contributed by atoms with Crippen molar-refractivity contribution in [3.8, 4) is 5.75 Å². The summed E-state index contributed by atoms with van der Waals surface area (Å²) >= 11 is 0. The van der Waals surface area contributed by atoms with Crippen LogP contribution >= 0.6 is 12.4 Å². The molecule has 0 radical (unpaired) electrons. The molecule has 3 rings (SSSR count). The van der Waals surface area contributed by atoms with Gasteiger partial charge in [-0.25, -0.2) is 0 Å². The summed E-state index contributed by atoms with van der Waals surface area (Å²) in [5.41, 5.74) is 3.20. The third kappa shape index (κ3) is 6.24. The molecule has 2 aromatic rings. The van der Waals surface area contributed by atoms with Gasteiger partial charge in [-0.2, -0.15) is 5.10 Å². The highest BCUT2D eigenvalue weighted by Crippen LogP contribution is 2.20. The second-order valence-electron chi connectivity index (χ2n) is 7.10. The molecule has 1 unspecified atom stereocenters. The Labute approximate surface area is 173 Å². The van der Waals surface area contributed by atoms with Gasteiger partial charge in [0.25, 0.3) is 0 Å². The minimum Gasteiger partial charge on any atom is -0.490 e. The molecule has 2 N–H and O–H groups in total. The van der Waals surface area contributed by atoms with E-state index < -0.39 is 0 Å². The molecule has 1 aromatic heterocycles. The van der Waals surface area contributed by atoms with Gasteiger partial charge in [0.05, 0.1) is 17.5 Å². The zero-order valence-corrected chi connectivity index (χ0v) is 17.6. The average Bonchev–Trinajstić information content (AvgIpc) is 2.94. The van der Waals surface area contributed by atoms with Crippen LogP contribution < -0.4 is 15.4 Å². The lowest BCUT2D eigenvalue weighted by Crippen LogP contribution is -2.23. The van der Waals surface area contributed by atoms with Crippen LogP contribution in [0.2, 0.25) is 0 Å². The van der Waals surface area contributed by atoms with Gasteiger partial charge in [0.15, 0.2) is 0 Å². The number of aromatic nitrogens is 2. The molecule has 1 aliphatic rings. The molecule has 1 aromatic carbocycles. The number of amides is 1. The molecule has 0 saturated heterocycles. The first-order chi connectivity index (χ1) is 13.2. The largest absolute Gasteiger partial charge is 0.490 e. The smallest absolute Gasteiger partial charge is 0.220 e. The summed E-state index contributed by atoms with van der Waals surface area (Å²) in [4.78, 5) is 12.3. The van der Waals surface area contributed by atoms with Gasteiger partial charge in [0.1, 0.15) is 5.75 Å². The van der Waals surface area contributed by atoms with Gasteiger partial charge in [-0.1, -0.05) is 25.1 Å². The topological polar surface area (TPSA) is 68.2 Å². The van der Waals surface area contributed by atoms with Crippen molar-refractivity contribution in [3.05, 3.63) is 47.3 Å². The number of fused-ring (bicyclic) bond motifs is 1. The predicted octanol–water partition coefficient (Wildman–Crippen LogP) is 3.22. The number of halogens is 1. The molecule has 7 heteroatoms. The number of nitrogens with one attached hydrogen (secondary N) is 2. The van der Waals surface area contributed by atoms with Crippen LogP contribution in [0.1, 0.15) is 50.1 Å². The quantitative estimate of drug-likeness (QED) is 0.706. The van der Waals surface area contributed by atoms with Gasteiger partial charge < -0.3 is 15.4 Å². The summed E-state index contributed by atoms with van der Waals surface area (Å²) in [6.45, 7) is 7.46. The maximum absolute atomic E-state index is 12.3. The summed E-state index contributed by atoms with van der Waals surface area (Å²) in [6.07, 6.45) is 3.31. The third-order valence-corrected chi connectivity index (χ3v) is 4.90. The highest BCUT2D eigenvalue weighted by atomic mass is 35.5. The maximum Gasteiger partial charge on any atom is 0.220 e. The number of hydrogen-bond donors (Lipinski definition) is 2. The fourth-order valence-electron chi connectivity index (χ4n) is 3.13. The van der Waals surface area contributed by atoms with Crippen LogP contribution in [0.25, 0.3) is 0 Å². The van der Waals surface area contributed by atoms with E-state index >= 15 is 0 Å². The van der Waals surface area contributed by atoms with Gasteiger partial charge in [-0.3, -0.25) is 9.48 Å². The monoisotopic (exact) mass is 406 g/mol. The van der Waals surface area contributed by atoms with Crippen molar-refractivity contribution in [2.45, 2.75) is 65.3 Å². The SMILES string of the molecule is CCC(C)Oc1ccccc1CNC(=O)CCc1cc2n(n1)CCCNC2.Cl. The van der Waals surface area contributed by atoms with Crippen molar-refractivity contribution in [1.29, 1.82) is 0 Å². The van der Waals surface area contributed by atoms with Crippen LogP contribution in [0.3, 0.4) is 0 Å². The predicted molar refractivity (Wildman–Crippen MR) is 113 cm³/mol. The van der Waals surface area contributed by atoms with Crippen LogP contribution in [-0.4, -0.2) is 28.3 Å².